The number of hydrogen-bond acceptors (Lipinski definition) is 12. The van der Waals surface area contributed by atoms with Crippen LogP contribution >= 0.6 is 0 Å². The van der Waals surface area contributed by atoms with Crippen molar-refractivity contribution in [3.8, 4) is 0 Å². The zero-order valence-electron chi connectivity index (χ0n) is 11.0. The molecule has 1 saturated heterocycles. The van der Waals surface area contributed by atoms with Crippen LogP contribution in [0.1, 0.15) is 0 Å². The molecule has 0 bridgehead atoms. The molecule has 0 aromatic rings. The van der Waals surface area contributed by atoms with E-state index in [0.29, 0.717) is 0 Å². The van der Waals surface area contributed by atoms with Gasteiger partial charge in [0, 0.05) is 0 Å². The Labute approximate surface area is 124 Å². The highest BCUT2D eigenvalue weighted by Gasteiger charge is 2.76. The van der Waals surface area contributed by atoms with Gasteiger partial charge in [-0.25, -0.2) is 0 Å². The van der Waals surface area contributed by atoms with Crippen molar-refractivity contribution in [2.24, 2.45) is 0 Å². The SMILES string of the molecule is O=[N+]([O-])C1([N+](=O)[O-])COCOCC([N+](=O)[O-])([N+](=O)[O-])C(O)C1O. The smallest absolute Gasteiger partial charge is 0.377 e. The average molecular weight is 342 g/mol. The third-order valence-corrected chi connectivity index (χ3v) is 3.31. The van der Waals surface area contributed by atoms with Crippen molar-refractivity contribution in [2.45, 2.75) is 23.5 Å². The molecule has 16 heteroatoms. The number of ether oxygens (including phenoxy) is 2. The van der Waals surface area contributed by atoms with Crippen molar-refractivity contribution >= 4 is 0 Å². The molecule has 23 heavy (non-hydrogen) atoms. The Morgan fingerprint density at radius 2 is 1.00 bits per heavy atom. The molecule has 2 N–H and O–H groups in total. The second-order valence-corrected chi connectivity index (χ2v) is 4.49. The molecule has 0 aliphatic carbocycles. The number of aliphatic hydroxyl groups is 2. The highest BCUT2D eigenvalue weighted by molar-refractivity contribution is 4.92. The van der Waals surface area contributed by atoms with Crippen LogP contribution in [0.4, 0.5) is 0 Å². The lowest BCUT2D eigenvalue weighted by atomic mass is 9.91. The lowest BCUT2D eigenvalue weighted by Crippen LogP contribution is -2.70. The first-order valence-corrected chi connectivity index (χ1v) is 5.64. The Hall–Kier alpha value is -2.56. The van der Waals surface area contributed by atoms with Crippen LogP contribution in [0.25, 0.3) is 0 Å². The van der Waals surface area contributed by atoms with Crippen LogP contribution in [0.5, 0.6) is 0 Å². The second kappa shape index (κ2) is 6.28. The molecule has 0 amide bonds. The molecule has 2 atom stereocenters. The molecular formula is C7H10N4O12. The van der Waals surface area contributed by atoms with Crippen LogP contribution < -0.4 is 0 Å². The van der Waals surface area contributed by atoms with Gasteiger partial charge in [-0.3, -0.25) is 40.5 Å². The summed E-state index contributed by atoms with van der Waals surface area (Å²) in [6.07, 6.45) is -6.27. The lowest BCUT2D eigenvalue weighted by molar-refractivity contribution is -0.830. The lowest BCUT2D eigenvalue weighted by Gasteiger charge is -2.26. The van der Waals surface area contributed by atoms with Gasteiger partial charge in [-0.1, -0.05) is 0 Å². The maximum Gasteiger partial charge on any atom is 0.508 e. The van der Waals surface area contributed by atoms with E-state index in [4.69, 9.17) is 0 Å². The monoisotopic (exact) mass is 342 g/mol. The molecule has 0 radical (unpaired) electrons. The summed E-state index contributed by atoms with van der Waals surface area (Å²) >= 11 is 0. The first-order chi connectivity index (χ1) is 10.5. The molecule has 0 aromatic carbocycles. The van der Waals surface area contributed by atoms with Crippen molar-refractivity contribution < 1.29 is 39.4 Å². The minimum absolute atomic E-state index is 1.01. The van der Waals surface area contributed by atoms with Crippen LogP contribution in [-0.4, -0.2) is 73.4 Å². The number of aliphatic hydroxyl groups excluding tert-OH is 2. The van der Waals surface area contributed by atoms with Crippen molar-refractivity contribution in [3.05, 3.63) is 40.5 Å². The Bertz CT molecular complexity index is 462. The molecule has 2 unspecified atom stereocenters. The van der Waals surface area contributed by atoms with Crippen molar-refractivity contribution in [2.75, 3.05) is 20.0 Å². The van der Waals surface area contributed by atoms with Gasteiger partial charge in [0.2, 0.25) is 12.2 Å². The Morgan fingerprint density at radius 3 is 1.22 bits per heavy atom. The average Bonchev–Trinajstić information content (AvgIpc) is 2.48. The maximum atomic E-state index is 11.0. The molecule has 1 heterocycles. The first-order valence-electron chi connectivity index (χ1n) is 5.64. The summed E-state index contributed by atoms with van der Waals surface area (Å²) in [5, 5.41) is 63.8. The molecule has 130 valence electrons. The summed E-state index contributed by atoms with van der Waals surface area (Å²) in [7, 11) is 0. The molecule has 0 saturated carbocycles. The van der Waals surface area contributed by atoms with E-state index in [9.17, 15) is 50.7 Å². The van der Waals surface area contributed by atoms with E-state index in [1.54, 1.807) is 0 Å². The van der Waals surface area contributed by atoms with Crippen LogP contribution in [0.3, 0.4) is 0 Å². The molecule has 16 nitrogen and oxygen atoms in total. The quantitative estimate of drug-likeness (QED) is 0.300. The van der Waals surface area contributed by atoms with Crippen LogP contribution in [0, 0.1) is 40.5 Å². The van der Waals surface area contributed by atoms with Gasteiger partial charge in [0.1, 0.15) is 26.5 Å². The number of hydrogen-bond donors (Lipinski definition) is 2. The van der Waals surface area contributed by atoms with Gasteiger partial charge in [0.25, 0.3) is 0 Å². The Kier molecular flexibility index (Phi) is 5.05. The summed E-state index contributed by atoms with van der Waals surface area (Å²) < 4.78 is 8.89. The maximum absolute atomic E-state index is 11.0. The van der Waals surface area contributed by atoms with Gasteiger partial charge in [-0.05, 0) is 0 Å². The topological polar surface area (TPSA) is 231 Å². The van der Waals surface area contributed by atoms with E-state index in [1.807, 2.05) is 0 Å². The number of nitro groups is 4. The Balaban J connectivity index is 3.56. The van der Waals surface area contributed by atoms with Gasteiger partial charge < -0.3 is 19.7 Å². The van der Waals surface area contributed by atoms with Gasteiger partial charge in [-0.15, -0.1) is 0 Å². The van der Waals surface area contributed by atoms with E-state index in [2.05, 4.69) is 9.47 Å². The minimum atomic E-state index is -3.66. The molecular weight excluding hydrogens is 332 g/mol. The third-order valence-electron chi connectivity index (χ3n) is 3.31. The van der Waals surface area contributed by atoms with Gasteiger partial charge in [0.15, 0.2) is 13.2 Å². The first kappa shape index (κ1) is 18.5. The predicted octanol–water partition coefficient (Wildman–Crippen LogP) is -2.79. The molecule has 0 aromatic heterocycles. The zero-order valence-corrected chi connectivity index (χ0v) is 11.0. The molecule has 1 fully saturated rings. The predicted molar refractivity (Wildman–Crippen MR) is 62.2 cm³/mol. The van der Waals surface area contributed by atoms with Crippen LogP contribution in [0.15, 0.2) is 0 Å². The fourth-order valence-electron chi connectivity index (χ4n) is 1.90. The summed E-state index contributed by atoms with van der Waals surface area (Å²) in [4.78, 5) is 37.5. The van der Waals surface area contributed by atoms with Crippen molar-refractivity contribution in [3.63, 3.8) is 0 Å². The fourth-order valence-corrected chi connectivity index (χ4v) is 1.90. The van der Waals surface area contributed by atoms with E-state index in [1.165, 1.54) is 0 Å². The van der Waals surface area contributed by atoms with E-state index in [0.717, 1.165) is 0 Å². The summed E-state index contributed by atoms with van der Waals surface area (Å²) in [5.74, 6) is 0. The standard InChI is InChI=1S/C7H10N4O12/c12-4-5(13)7(10(18)19,11(20)21)2-23-3-22-1-6(4,8(14)15)9(16)17/h4-5,12-13H,1-3H2. The minimum Gasteiger partial charge on any atom is -0.377 e. The van der Waals surface area contributed by atoms with Crippen LogP contribution in [0.2, 0.25) is 0 Å². The van der Waals surface area contributed by atoms with Gasteiger partial charge in [-0.2, -0.15) is 0 Å². The fraction of sp³-hybridized carbons (Fsp3) is 1.00. The van der Waals surface area contributed by atoms with Crippen LogP contribution in [-0.2, 0) is 9.47 Å². The molecule has 1 rings (SSSR count). The number of nitrogens with zero attached hydrogens (tertiary/aromatic N) is 4. The second-order valence-electron chi connectivity index (χ2n) is 4.49. The molecule has 0 spiro atoms. The third kappa shape index (κ3) is 2.63. The zero-order chi connectivity index (χ0) is 18.0. The Morgan fingerprint density at radius 1 is 0.739 bits per heavy atom. The number of rotatable bonds is 4. The summed E-state index contributed by atoms with van der Waals surface area (Å²) in [6.45, 7) is -3.90. The summed E-state index contributed by atoms with van der Waals surface area (Å²) in [6, 6.07) is 0. The van der Waals surface area contributed by atoms with Gasteiger partial charge in [0.05, 0.1) is 0 Å². The summed E-state index contributed by atoms with van der Waals surface area (Å²) in [5.41, 5.74) is -7.32. The highest BCUT2D eigenvalue weighted by Crippen LogP contribution is 2.29. The van der Waals surface area contributed by atoms with Crippen molar-refractivity contribution in [1.82, 2.24) is 0 Å². The van der Waals surface area contributed by atoms with E-state index < -0.39 is 63.2 Å². The van der Waals surface area contributed by atoms with E-state index >= 15 is 0 Å². The van der Waals surface area contributed by atoms with Gasteiger partial charge >= 0.3 is 11.3 Å². The van der Waals surface area contributed by atoms with E-state index in [-0.39, 0.29) is 0 Å². The molecule has 1 aliphatic heterocycles. The van der Waals surface area contributed by atoms with Crippen molar-refractivity contribution in [1.29, 1.82) is 0 Å². The molecule has 1 aliphatic rings. The highest BCUT2D eigenvalue weighted by atomic mass is 16.7. The normalized spacial score (nSPS) is 27.0. The largest absolute Gasteiger partial charge is 0.508 e.